The molecule has 6 rings (SSSR count). The van der Waals surface area contributed by atoms with Crippen LogP contribution in [-0.4, -0.2) is 35.8 Å². The van der Waals surface area contributed by atoms with Crippen LogP contribution in [0, 0.1) is 17.3 Å². The van der Waals surface area contributed by atoms with Crippen molar-refractivity contribution in [2.75, 3.05) is 18.5 Å². The Balaban J connectivity index is 1.41. The average molecular weight is 447 g/mol. The summed E-state index contributed by atoms with van der Waals surface area (Å²) >= 11 is 4.04. The van der Waals surface area contributed by atoms with Crippen LogP contribution in [0.15, 0.2) is 24.3 Å². The van der Waals surface area contributed by atoms with E-state index < -0.39 is 6.10 Å². The van der Waals surface area contributed by atoms with Crippen molar-refractivity contribution >= 4 is 33.4 Å². The maximum absolute atomic E-state index is 13.5. The normalized spacial score (nSPS) is 37.9. The summed E-state index contributed by atoms with van der Waals surface area (Å²) in [5.74, 6) is 2.05. The number of carbonyl (C=O) groups excluding carboxylic acids is 2. The molecule has 3 unspecified atom stereocenters. The number of likely N-dealkylation sites (N-methyl/N-ethyl adjacent to an activating group) is 1. The molecule has 2 amide bonds. The van der Waals surface area contributed by atoms with Gasteiger partial charge in [-0.15, -0.1) is 0 Å². The van der Waals surface area contributed by atoms with Crippen LogP contribution in [0.1, 0.15) is 44.9 Å². The first-order chi connectivity index (χ1) is 13.4. The van der Waals surface area contributed by atoms with Gasteiger partial charge in [-0.1, -0.05) is 28.1 Å². The van der Waals surface area contributed by atoms with E-state index in [2.05, 4.69) is 21.2 Å². The predicted molar refractivity (Wildman–Crippen MR) is 111 cm³/mol. The van der Waals surface area contributed by atoms with Gasteiger partial charge >= 0.3 is 0 Å². The third-order valence-corrected chi connectivity index (χ3v) is 8.18. The maximum atomic E-state index is 13.5. The van der Waals surface area contributed by atoms with Crippen LogP contribution in [0.3, 0.4) is 0 Å². The van der Waals surface area contributed by atoms with Gasteiger partial charge in [0.25, 0.3) is 5.91 Å². The summed E-state index contributed by atoms with van der Waals surface area (Å²) in [6.07, 6.45) is 7.22. The number of halogens is 1. The molecule has 150 valence electrons. The van der Waals surface area contributed by atoms with E-state index in [0.717, 1.165) is 23.9 Å². The largest absolute Gasteiger partial charge is 0.477 e. The average Bonchev–Trinajstić information content (AvgIpc) is 2.64. The number of ether oxygens (including phenoxy) is 1. The monoisotopic (exact) mass is 446 g/mol. The molecular formula is C22H27BrN2O3. The molecule has 1 N–H and O–H groups in total. The van der Waals surface area contributed by atoms with E-state index in [0.29, 0.717) is 12.2 Å². The lowest BCUT2D eigenvalue weighted by Crippen LogP contribution is -2.55. The van der Waals surface area contributed by atoms with Crippen LogP contribution in [0.5, 0.6) is 5.75 Å². The number of para-hydroxylation sites is 2. The molecule has 1 aromatic carbocycles. The minimum Gasteiger partial charge on any atom is -0.477 e. The summed E-state index contributed by atoms with van der Waals surface area (Å²) in [4.78, 5) is 27.5. The number of nitrogens with one attached hydrogen (secondary N) is 1. The molecule has 4 bridgehead atoms. The minimum absolute atomic E-state index is 0.112. The maximum Gasteiger partial charge on any atom is 0.262 e. The molecule has 4 saturated carbocycles. The smallest absolute Gasteiger partial charge is 0.262 e. The minimum atomic E-state index is -0.664. The fourth-order valence-electron chi connectivity index (χ4n) is 6.73. The number of nitrogens with zero attached hydrogens (tertiary/aromatic N) is 1. The van der Waals surface area contributed by atoms with Gasteiger partial charge in [0.15, 0.2) is 6.10 Å². The Morgan fingerprint density at radius 2 is 1.93 bits per heavy atom. The van der Waals surface area contributed by atoms with Crippen molar-refractivity contribution in [3.8, 4) is 5.75 Å². The molecule has 1 heterocycles. The number of carbonyl (C=O) groups is 2. The van der Waals surface area contributed by atoms with E-state index in [1.807, 2.05) is 24.3 Å². The standard InChI is InChI=1S/C22H27BrN2O3/c1-24-20(27)18-12-25(16-4-2-3-5-17(16)28-18)19(26)11-21-7-14-6-15(8-21)10-22(23,9-14)13-21/h2-5,14-15,18H,6-13H2,1H3,(H,24,27). The Labute approximate surface area is 174 Å². The molecule has 0 saturated heterocycles. The van der Waals surface area contributed by atoms with Gasteiger partial charge in [0, 0.05) is 17.8 Å². The topological polar surface area (TPSA) is 58.6 Å². The van der Waals surface area contributed by atoms with E-state index in [1.165, 1.54) is 32.1 Å². The Hall–Kier alpha value is -1.56. The number of fused-ring (bicyclic) bond motifs is 1. The highest BCUT2D eigenvalue weighted by Gasteiger charge is 2.57. The molecular weight excluding hydrogens is 420 g/mol. The molecule has 1 aliphatic heterocycles. The van der Waals surface area contributed by atoms with Crippen LogP contribution < -0.4 is 15.0 Å². The number of amides is 2. The van der Waals surface area contributed by atoms with Crippen molar-refractivity contribution in [2.45, 2.75) is 55.4 Å². The fourth-order valence-corrected chi connectivity index (χ4v) is 8.24. The van der Waals surface area contributed by atoms with Gasteiger partial charge in [-0.3, -0.25) is 9.59 Å². The number of hydrogen-bond donors (Lipinski definition) is 1. The lowest BCUT2D eigenvalue weighted by atomic mass is 9.48. The lowest BCUT2D eigenvalue weighted by molar-refractivity contribution is -0.129. The third-order valence-electron chi connectivity index (χ3n) is 7.25. The Bertz CT molecular complexity index is 812. The zero-order valence-electron chi connectivity index (χ0n) is 16.2. The first-order valence-electron chi connectivity index (χ1n) is 10.4. The molecule has 1 aromatic rings. The summed E-state index contributed by atoms with van der Waals surface area (Å²) in [5, 5.41) is 2.65. The fraction of sp³-hybridized carbons (Fsp3) is 0.636. The second-order valence-electron chi connectivity index (χ2n) is 9.48. The van der Waals surface area contributed by atoms with E-state index >= 15 is 0 Å². The zero-order valence-corrected chi connectivity index (χ0v) is 17.8. The van der Waals surface area contributed by atoms with E-state index in [9.17, 15) is 9.59 Å². The summed E-state index contributed by atoms with van der Waals surface area (Å²) in [6.45, 7) is 0.276. The molecule has 0 aromatic heterocycles. The number of benzene rings is 1. The van der Waals surface area contributed by atoms with Gasteiger partial charge in [0.2, 0.25) is 5.91 Å². The van der Waals surface area contributed by atoms with Gasteiger partial charge in [-0.05, 0) is 67.9 Å². The van der Waals surface area contributed by atoms with Crippen LogP contribution in [-0.2, 0) is 9.59 Å². The Kier molecular flexibility index (Phi) is 4.27. The van der Waals surface area contributed by atoms with Crippen molar-refractivity contribution in [1.82, 2.24) is 5.32 Å². The van der Waals surface area contributed by atoms with Crippen molar-refractivity contribution in [3.05, 3.63) is 24.3 Å². The molecule has 0 spiro atoms. The van der Waals surface area contributed by atoms with Crippen LogP contribution in [0.2, 0.25) is 0 Å². The van der Waals surface area contributed by atoms with Gasteiger partial charge < -0.3 is 15.0 Å². The van der Waals surface area contributed by atoms with Gasteiger partial charge in [0.05, 0.1) is 12.2 Å². The molecule has 3 atom stereocenters. The van der Waals surface area contributed by atoms with Crippen molar-refractivity contribution in [3.63, 3.8) is 0 Å². The second kappa shape index (κ2) is 6.48. The van der Waals surface area contributed by atoms with Crippen LogP contribution in [0.25, 0.3) is 0 Å². The quantitative estimate of drug-likeness (QED) is 0.720. The third kappa shape index (κ3) is 3.04. The van der Waals surface area contributed by atoms with Crippen molar-refractivity contribution in [2.24, 2.45) is 17.3 Å². The number of hydrogen-bond acceptors (Lipinski definition) is 3. The molecule has 4 fully saturated rings. The summed E-state index contributed by atoms with van der Waals surface area (Å²) in [6, 6.07) is 7.55. The predicted octanol–water partition coefficient (Wildman–Crippen LogP) is 3.65. The van der Waals surface area contributed by atoms with E-state index in [4.69, 9.17) is 4.74 Å². The number of rotatable bonds is 3. The van der Waals surface area contributed by atoms with Crippen molar-refractivity contribution in [1.29, 1.82) is 0 Å². The molecule has 0 radical (unpaired) electrons. The summed E-state index contributed by atoms with van der Waals surface area (Å²) in [7, 11) is 1.60. The van der Waals surface area contributed by atoms with Crippen LogP contribution in [0.4, 0.5) is 5.69 Å². The first-order valence-corrected chi connectivity index (χ1v) is 11.1. The summed E-state index contributed by atoms with van der Waals surface area (Å²) in [5.41, 5.74) is 0.895. The summed E-state index contributed by atoms with van der Waals surface area (Å²) < 4.78 is 6.10. The Morgan fingerprint density at radius 1 is 1.21 bits per heavy atom. The van der Waals surface area contributed by atoms with Gasteiger partial charge in [0.1, 0.15) is 5.75 Å². The molecule has 5 aliphatic rings. The molecule has 5 nitrogen and oxygen atoms in total. The SMILES string of the molecule is CNC(=O)C1CN(C(=O)CC23CC4CC(CC(Br)(C4)C2)C3)c2ccccc2O1. The number of anilines is 1. The second-order valence-corrected chi connectivity index (χ2v) is 11.2. The van der Waals surface area contributed by atoms with Gasteiger partial charge in [-0.2, -0.15) is 0 Å². The Morgan fingerprint density at radius 3 is 2.61 bits per heavy atom. The van der Waals surface area contributed by atoms with Crippen LogP contribution >= 0.6 is 15.9 Å². The highest BCUT2D eigenvalue weighted by atomic mass is 79.9. The highest BCUT2D eigenvalue weighted by Crippen LogP contribution is 2.65. The lowest BCUT2D eigenvalue weighted by Gasteiger charge is -2.60. The van der Waals surface area contributed by atoms with E-state index in [1.54, 1.807) is 11.9 Å². The zero-order chi connectivity index (χ0) is 19.5. The van der Waals surface area contributed by atoms with E-state index in [-0.39, 0.29) is 28.1 Å². The highest BCUT2D eigenvalue weighted by molar-refractivity contribution is 9.10. The molecule has 6 heteroatoms. The molecule has 28 heavy (non-hydrogen) atoms. The van der Waals surface area contributed by atoms with Gasteiger partial charge in [-0.25, -0.2) is 0 Å². The number of alkyl halides is 1. The van der Waals surface area contributed by atoms with Crippen molar-refractivity contribution < 1.29 is 14.3 Å². The first kappa shape index (κ1) is 18.5. The molecule has 4 aliphatic carbocycles.